The first-order valence-corrected chi connectivity index (χ1v) is 3.84. The van der Waals surface area contributed by atoms with Crippen molar-refractivity contribution < 1.29 is 14.9 Å². The van der Waals surface area contributed by atoms with Gasteiger partial charge >= 0.3 is 0 Å². The lowest BCUT2D eigenvalue weighted by molar-refractivity contribution is -0.201. The molecule has 0 spiro atoms. The predicted octanol–water partition coefficient (Wildman–Crippen LogP) is -0.938. The lowest BCUT2D eigenvalue weighted by Crippen LogP contribution is -2.52. The van der Waals surface area contributed by atoms with E-state index in [1.807, 2.05) is 0 Å². The molecule has 1 saturated heterocycles. The minimum atomic E-state index is -0.745. The second-order valence-electron chi connectivity index (χ2n) is 2.92. The Morgan fingerprint density at radius 1 is 1.45 bits per heavy atom. The molecule has 0 radical (unpaired) electrons. The summed E-state index contributed by atoms with van der Waals surface area (Å²) in [6, 6.07) is -0.0613. The number of rotatable bonds is 1. The van der Waals surface area contributed by atoms with Gasteiger partial charge in [0.15, 0.2) is 6.29 Å². The van der Waals surface area contributed by atoms with Crippen molar-refractivity contribution in [1.82, 2.24) is 5.32 Å². The van der Waals surface area contributed by atoms with Crippen LogP contribution in [0.5, 0.6) is 0 Å². The second kappa shape index (κ2) is 3.49. The van der Waals surface area contributed by atoms with E-state index in [0.29, 0.717) is 6.42 Å². The van der Waals surface area contributed by atoms with Crippen molar-refractivity contribution in [3.63, 3.8) is 0 Å². The van der Waals surface area contributed by atoms with Gasteiger partial charge in [-0.25, -0.2) is 0 Å². The molecule has 0 bridgehead atoms. The summed E-state index contributed by atoms with van der Waals surface area (Å²) >= 11 is 0. The maximum Gasteiger partial charge on any atom is 0.156 e. The zero-order chi connectivity index (χ0) is 8.43. The van der Waals surface area contributed by atoms with Gasteiger partial charge in [0.2, 0.25) is 0 Å². The van der Waals surface area contributed by atoms with E-state index < -0.39 is 12.4 Å². The fraction of sp³-hybridized carbons (Fsp3) is 1.00. The third-order valence-electron chi connectivity index (χ3n) is 2.09. The molecule has 0 unspecified atom stereocenters. The number of hydrogen-bond acceptors (Lipinski definition) is 4. The minimum Gasteiger partial charge on any atom is -0.389 e. The molecule has 4 nitrogen and oxygen atoms in total. The van der Waals surface area contributed by atoms with Crippen molar-refractivity contribution in [2.75, 3.05) is 7.05 Å². The molecule has 0 aromatic rings. The topological polar surface area (TPSA) is 61.7 Å². The van der Waals surface area contributed by atoms with Crippen molar-refractivity contribution in [1.29, 1.82) is 0 Å². The average molecular weight is 161 g/mol. The minimum absolute atomic E-state index is 0.0613. The van der Waals surface area contributed by atoms with Gasteiger partial charge in [-0.05, 0) is 14.0 Å². The summed E-state index contributed by atoms with van der Waals surface area (Å²) in [5.74, 6) is 0. The van der Waals surface area contributed by atoms with Crippen LogP contribution >= 0.6 is 0 Å². The van der Waals surface area contributed by atoms with Crippen LogP contribution in [0, 0.1) is 0 Å². The number of nitrogens with one attached hydrogen (secondary N) is 1. The van der Waals surface area contributed by atoms with Gasteiger partial charge in [0.05, 0.1) is 12.2 Å². The summed E-state index contributed by atoms with van der Waals surface area (Å²) in [6.45, 7) is 1.75. The van der Waals surface area contributed by atoms with Crippen LogP contribution in [0.25, 0.3) is 0 Å². The SMILES string of the molecule is CN[C@@H]1C[C@@H](O)O[C@H](C)[C@H]1O. The molecule has 0 aliphatic carbocycles. The molecule has 0 amide bonds. The number of aliphatic hydroxyl groups is 2. The lowest BCUT2D eigenvalue weighted by Gasteiger charge is -2.35. The molecule has 3 N–H and O–H groups in total. The smallest absolute Gasteiger partial charge is 0.156 e. The molecule has 4 atom stereocenters. The van der Waals surface area contributed by atoms with Crippen LogP contribution in [0.4, 0.5) is 0 Å². The monoisotopic (exact) mass is 161 g/mol. The van der Waals surface area contributed by atoms with Gasteiger partial charge in [0, 0.05) is 12.5 Å². The maximum absolute atomic E-state index is 9.46. The molecule has 0 aromatic carbocycles. The van der Waals surface area contributed by atoms with E-state index in [9.17, 15) is 5.11 Å². The zero-order valence-corrected chi connectivity index (χ0v) is 6.82. The summed E-state index contributed by atoms with van der Waals surface area (Å²) in [5, 5.41) is 21.5. The highest BCUT2D eigenvalue weighted by atomic mass is 16.6. The third kappa shape index (κ3) is 1.90. The molecule has 1 aliphatic rings. The molecule has 1 aliphatic heterocycles. The first kappa shape index (κ1) is 8.93. The van der Waals surface area contributed by atoms with E-state index in [1.54, 1.807) is 14.0 Å². The van der Waals surface area contributed by atoms with Gasteiger partial charge in [0.1, 0.15) is 0 Å². The summed E-state index contributed by atoms with van der Waals surface area (Å²) in [6.07, 6.45) is -1.12. The van der Waals surface area contributed by atoms with Crippen molar-refractivity contribution in [3.8, 4) is 0 Å². The van der Waals surface area contributed by atoms with E-state index in [1.165, 1.54) is 0 Å². The number of hydrogen-bond donors (Lipinski definition) is 3. The molecule has 1 heterocycles. The maximum atomic E-state index is 9.46. The highest BCUT2D eigenvalue weighted by molar-refractivity contribution is 4.84. The largest absolute Gasteiger partial charge is 0.389 e. The van der Waals surface area contributed by atoms with Gasteiger partial charge in [0.25, 0.3) is 0 Å². The molecular formula is C7H15NO3. The molecule has 1 rings (SSSR count). The Morgan fingerprint density at radius 3 is 2.64 bits per heavy atom. The van der Waals surface area contributed by atoms with Crippen LogP contribution in [-0.4, -0.2) is 41.8 Å². The molecule has 11 heavy (non-hydrogen) atoms. The number of aliphatic hydroxyl groups excluding tert-OH is 2. The number of ether oxygens (including phenoxy) is 1. The highest BCUT2D eigenvalue weighted by Crippen LogP contribution is 2.17. The van der Waals surface area contributed by atoms with Gasteiger partial charge in [-0.15, -0.1) is 0 Å². The third-order valence-corrected chi connectivity index (χ3v) is 2.09. The fourth-order valence-corrected chi connectivity index (χ4v) is 1.36. The Morgan fingerprint density at radius 2 is 2.09 bits per heavy atom. The molecule has 66 valence electrons. The lowest BCUT2D eigenvalue weighted by atomic mass is 10.0. The molecule has 0 aromatic heterocycles. The van der Waals surface area contributed by atoms with E-state index in [-0.39, 0.29) is 12.1 Å². The van der Waals surface area contributed by atoms with Crippen molar-refractivity contribution in [3.05, 3.63) is 0 Å². The first-order valence-electron chi connectivity index (χ1n) is 3.84. The van der Waals surface area contributed by atoms with Crippen molar-refractivity contribution in [2.45, 2.75) is 37.9 Å². The quantitative estimate of drug-likeness (QED) is 0.464. The normalized spacial score (nSPS) is 45.8. The zero-order valence-electron chi connectivity index (χ0n) is 6.82. The Kier molecular flexibility index (Phi) is 2.84. The molecule has 0 saturated carbocycles. The molecular weight excluding hydrogens is 146 g/mol. The Hall–Kier alpha value is -0.160. The second-order valence-corrected chi connectivity index (χ2v) is 2.92. The standard InChI is InChI=1S/C7H15NO3/c1-4-7(10)5(8-2)3-6(9)11-4/h4-10H,3H2,1-2H3/t4-,5-,6+,7-/m1/s1. The average Bonchev–Trinajstić information content (AvgIpc) is 1.96. The van der Waals surface area contributed by atoms with Gasteiger partial charge in [-0.1, -0.05) is 0 Å². The molecule has 1 fully saturated rings. The first-order chi connectivity index (χ1) is 5.15. The fourth-order valence-electron chi connectivity index (χ4n) is 1.36. The van der Waals surface area contributed by atoms with Crippen molar-refractivity contribution in [2.24, 2.45) is 0 Å². The Labute approximate surface area is 66.2 Å². The predicted molar refractivity (Wildman–Crippen MR) is 40.0 cm³/mol. The van der Waals surface area contributed by atoms with Crippen LogP contribution in [0.1, 0.15) is 13.3 Å². The van der Waals surface area contributed by atoms with Crippen LogP contribution in [0.15, 0.2) is 0 Å². The van der Waals surface area contributed by atoms with Gasteiger partial charge < -0.3 is 20.3 Å². The van der Waals surface area contributed by atoms with E-state index in [0.717, 1.165) is 0 Å². The highest BCUT2D eigenvalue weighted by Gasteiger charge is 2.33. The van der Waals surface area contributed by atoms with Crippen LogP contribution in [0.3, 0.4) is 0 Å². The van der Waals surface area contributed by atoms with Crippen LogP contribution in [-0.2, 0) is 4.74 Å². The van der Waals surface area contributed by atoms with Gasteiger partial charge in [-0.3, -0.25) is 0 Å². The van der Waals surface area contributed by atoms with Crippen molar-refractivity contribution >= 4 is 0 Å². The van der Waals surface area contributed by atoms with E-state index >= 15 is 0 Å². The summed E-state index contributed by atoms with van der Waals surface area (Å²) in [4.78, 5) is 0. The molecule has 4 heteroatoms. The van der Waals surface area contributed by atoms with E-state index in [4.69, 9.17) is 9.84 Å². The Balaban J connectivity index is 2.51. The van der Waals surface area contributed by atoms with E-state index in [2.05, 4.69) is 5.32 Å². The van der Waals surface area contributed by atoms with Crippen LogP contribution in [0.2, 0.25) is 0 Å². The summed E-state index contributed by atoms with van der Waals surface area (Å²) < 4.78 is 5.00. The summed E-state index contributed by atoms with van der Waals surface area (Å²) in [7, 11) is 1.76. The van der Waals surface area contributed by atoms with Gasteiger partial charge in [-0.2, -0.15) is 0 Å². The summed E-state index contributed by atoms with van der Waals surface area (Å²) in [5.41, 5.74) is 0. The Bertz CT molecular complexity index is 131. The number of likely N-dealkylation sites (N-methyl/N-ethyl adjacent to an activating group) is 1. The van der Waals surface area contributed by atoms with Crippen LogP contribution < -0.4 is 5.32 Å².